The third-order valence-electron chi connectivity index (χ3n) is 4.15. The number of rotatable bonds is 8. The Morgan fingerprint density at radius 3 is 2.64 bits per heavy atom. The van der Waals surface area contributed by atoms with Crippen molar-refractivity contribution in [1.29, 1.82) is 0 Å². The molecule has 0 aliphatic carbocycles. The van der Waals surface area contributed by atoms with Gasteiger partial charge in [-0.3, -0.25) is 9.10 Å². The highest BCUT2D eigenvalue weighted by atomic mass is 35.5. The van der Waals surface area contributed by atoms with Gasteiger partial charge in [0.05, 0.1) is 11.9 Å². The van der Waals surface area contributed by atoms with E-state index >= 15 is 0 Å². The van der Waals surface area contributed by atoms with Crippen molar-refractivity contribution in [3.8, 4) is 0 Å². The number of aryl methyl sites for hydroxylation is 1. The fourth-order valence-electron chi connectivity index (χ4n) is 2.45. The second-order valence-corrected chi connectivity index (χ2v) is 9.77. The van der Waals surface area contributed by atoms with E-state index in [0.717, 1.165) is 16.1 Å². The summed E-state index contributed by atoms with van der Waals surface area (Å²) in [4.78, 5) is 12.4. The van der Waals surface area contributed by atoms with Crippen LogP contribution in [0.3, 0.4) is 0 Å². The Balaban J connectivity index is 1.91. The van der Waals surface area contributed by atoms with Crippen LogP contribution in [0.1, 0.15) is 21.5 Å². The van der Waals surface area contributed by atoms with Crippen molar-refractivity contribution in [1.82, 2.24) is 5.32 Å². The van der Waals surface area contributed by atoms with E-state index in [-0.39, 0.29) is 11.7 Å². The second-order valence-electron chi connectivity index (χ2n) is 6.24. The number of nitrogens with zero attached hydrogens (tertiary/aromatic N) is 1. The van der Waals surface area contributed by atoms with E-state index in [1.165, 1.54) is 24.9 Å². The van der Waals surface area contributed by atoms with Gasteiger partial charge in [0.25, 0.3) is 5.91 Å². The van der Waals surface area contributed by atoms with Gasteiger partial charge in [0, 0.05) is 41.2 Å². The van der Waals surface area contributed by atoms with Crippen LogP contribution in [0, 0.1) is 12.7 Å². The molecule has 1 amide bonds. The largest absolute Gasteiger partial charge is 0.351 e. The number of carbonyl (C=O) groups excluding carboxylic acids is 1. The van der Waals surface area contributed by atoms with Gasteiger partial charge in [0.15, 0.2) is 0 Å². The van der Waals surface area contributed by atoms with E-state index in [1.54, 1.807) is 37.3 Å². The van der Waals surface area contributed by atoms with Gasteiger partial charge in [-0.2, -0.15) is 11.8 Å². The predicted octanol–water partition coefficient (Wildman–Crippen LogP) is 3.85. The molecule has 0 aliphatic heterocycles. The lowest BCUT2D eigenvalue weighted by Gasteiger charge is -2.19. The Morgan fingerprint density at radius 1 is 1.29 bits per heavy atom. The van der Waals surface area contributed by atoms with Crippen LogP contribution in [0.25, 0.3) is 0 Å². The molecule has 152 valence electrons. The van der Waals surface area contributed by atoms with Crippen LogP contribution in [0.5, 0.6) is 0 Å². The minimum atomic E-state index is -3.42. The normalized spacial score (nSPS) is 11.3. The number of hydrogen-bond acceptors (Lipinski definition) is 4. The molecule has 0 fully saturated rings. The summed E-state index contributed by atoms with van der Waals surface area (Å²) in [5.74, 6) is 0.354. The van der Waals surface area contributed by atoms with E-state index in [2.05, 4.69) is 5.32 Å². The molecule has 28 heavy (non-hydrogen) atoms. The van der Waals surface area contributed by atoms with Gasteiger partial charge in [-0.1, -0.05) is 23.7 Å². The minimum Gasteiger partial charge on any atom is -0.351 e. The Hall–Kier alpha value is -1.77. The lowest BCUT2D eigenvalue weighted by Crippen LogP contribution is -2.28. The van der Waals surface area contributed by atoms with E-state index in [0.29, 0.717) is 39.9 Å². The highest BCUT2D eigenvalue weighted by Gasteiger charge is 2.16. The minimum absolute atomic E-state index is 0.298. The zero-order chi connectivity index (χ0) is 20.9. The zero-order valence-electron chi connectivity index (χ0n) is 15.8. The number of nitrogens with one attached hydrogen (secondary N) is 1. The molecule has 0 saturated heterocycles. The summed E-state index contributed by atoms with van der Waals surface area (Å²) in [7, 11) is -1.97. The molecule has 0 spiro atoms. The molecule has 0 atom stereocenters. The lowest BCUT2D eigenvalue weighted by atomic mass is 10.1. The first-order valence-corrected chi connectivity index (χ1v) is 11.8. The lowest BCUT2D eigenvalue weighted by molar-refractivity contribution is 0.0956. The van der Waals surface area contributed by atoms with Gasteiger partial charge in [-0.15, -0.1) is 0 Å². The maximum Gasteiger partial charge on any atom is 0.251 e. The summed E-state index contributed by atoms with van der Waals surface area (Å²) in [6.07, 6.45) is 1.11. The molecule has 2 rings (SSSR count). The molecule has 9 heteroatoms. The Morgan fingerprint density at radius 2 is 2.00 bits per heavy atom. The fraction of sp³-hybridized carbons (Fsp3) is 0.316. The summed E-state index contributed by atoms with van der Waals surface area (Å²) >= 11 is 7.45. The van der Waals surface area contributed by atoms with Crippen molar-refractivity contribution >= 4 is 45.0 Å². The zero-order valence-corrected chi connectivity index (χ0v) is 18.2. The van der Waals surface area contributed by atoms with Crippen molar-refractivity contribution in [2.24, 2.45) is 0 Å². The second kappa shape index (κ2) is 9.62. The molecular weight excluding hydrogens is 423 g/mol. The monoisotopic (exact) mass is 444 g/mol. The van der Waals surface area contributed by atoms with Crippen molar-refractivity contribution in [3.63, 3.8) is 0 Å². The van der Waals surface area contributed by atoms with Crippen LogP contribution in [0.4, 0.5) is 10.1 Å². The molecule has 0 saturated carbocycles. The van der Waals surface area contributed by atoms with Crippen molar-refractivity contribution in [2.75, 3.05) is 29.9 Å². The van der Waals surface area contributed by atoms with E-state index in [1.807, 2.05) is 0 Å². The van der Waals surface area contributed by atoms with Crippen LogP contribution < -0.4 is 9.62 Å². The van der Waals surface area contributed by atoms with Crippen molar-refractivity contribution < 1.29 is 17.6 Å². The standard InChI is InChI=1S/C19H22ClFN2O3S2/c1-13-7-8-14(11-18(13)23(2)28(3,25)26)19(24)22-9-10-27-12-15-16(20)5-4-6-17(15)21/h4-8,11H,9-10,12H2,1-3H3,(H,22,24). The summed E-state index contributed by atoms with van der Waals surface area (Å²) in [5.41, 5.74) is 2.03. The van der Waals surface area contributed by atoms with E-state index < -0.39 is 10.0 Å². The number of anilines is 1. The summed E-state index contributed by atoms with van der Waals surface area (Å²) in [6.45, 7) is 2.17. The van der Waals surface area contributed by atoms with Gasteiger partial charge >= 0.3 is 0 Å². The molecule has 0 bridgehead atoms. The Bertz CT molecular complexity index is 947. The molecule has 2 aromatic carbocycles. The third kappa shape index (κ3) is 5.86. The first kappa shape index (κ1) is 22.5. The van der Waals surface area contributed by atoms with Gasteiger partial charge in [-0.25, -0.2) is 12.8 Å². The summed E-state index contributed by atoms with van der Waals surface area (Å²) in [6, 6.07) is 9.48. The Kier molecular flexibility index (Phi) is 7.74. The fourth-order valence-corrected chi connectivity index (χ4v) is 4.20. The molecule has 0 radical (unpaired) electrons. The van der Waals surface area contributed by atoms with Gasteiger partial charge in [-0.05, 0) is 36.8 Å². The van der Waals surface area contributed by atoms with Crippen LogP contribution in [-0.2, 0) is 15.8 Å². The van der Waals surface area contributed by atoms with E-state index in [4.69, 9.17) is 11.6 Å². The quantitative estimate of drug-likeness (QED) is 0.628. The molecule has 0 unspecified atom stereocenters. The third-order valence-corrected chi connectivity index (χ3v) is 6.68. The number of thioether (sulfide) groups is 1. The molecule has 0 heterocycles. The number of benzene rings is 2. The number of hydrogen-bond donors (Lipinski definition) is 1. The van der Waals surface area contributed by atoms with E-state index in [9.17, 15) is 17.6 Å². The van der Waals surface area contributed by atoms with Crippen molar-refractivity contribution in [2.45, 2.75) is 12.7 Å². The van der Waals surface area contributed by atoms with Crippen molar-refractivity contribution in [3.05, 3.63) is 63.9 Å². The predicted molar refractivity (Wildman–Crippen MR) is 114 cm³/mol. The highest BCUT2D eigenvalue weighted by Crippen LogP contribution is 2.24. The summed E-state index contributed by atoms with van der Waals surface area (Å²) < 4.78 is 38.4. The first-order valence-electron chi connectivity index (χ1n) is 8.44. The Labute approximate surface area is 174 Å². The van der Waals surface area contributed by atoms with Gasteiger partial charge in [0.1, 0.15) is 5.82 Å². The molecule has 1 N–H and O–H groups in total. The van der Waals surface area contributed by atoms with Gasteiger partial charge < -0.3 is 5.32 Å². The van der Waals surface area contributed by atoms with Crippen LogP contribution in [0.15, 0.2) is 36.4 Å². The van der Waals surface area contributed by atoms with Crippen LogP contribution in [0.2, 0.25) is 5.02 Å². The number of amides is 1. The molecule has 2 aromatic rings. The smallest absolute Gasteiger partial charge is 0.251 e. The maximum atomic E-state index is 13.7. The topological polar surface area (TPSA) is 66.5 Å². The number of carbonyl (C=O) groups is 1. The summed E-state index contributed by atoms with van der Waals surface area (Å²) in [5, 5.41) is 3.17. The number of halogens is 2. The maximum absolute atomic E-state index is 13.7. The average Bonchev–Trinajstić information content (AvgIpc) is 2.62. The average molecular weight is 445 g/mol. The van der Waals surface area contributed by atoms with Crippen LogP contribution in [-0.4, -0.2) is 39.9 Å². The molecule has 5 nitrogen and oxygen atoms in total. The molecule has 0 aromatic heterocycles. The van der Waals surface area contributed by atoms with Crippen LogP contribution >= 0.6 is 23.4 Å². The molecule has 0 aliphatic rings. The first-order chi connectivity index (χ1) is 13.1. The highest BCUT2D eigenvalue weighted by molar-refractivity contribution is 7.98. The number of sulfonamides is 1. The van der Waals surface area contributed by atoms with Gasteiger partial charge in [0.2, 0.25) is 10.0 Å². The molecular formula is C19H22ClFN2O3S2. The SMILES string of the molecule is Cc1ccc(C(=O)NCCSCc2c(F)cccc2Cl)cc1N(C)S(C)(=O)=O.